The van der Waals surface area contributed by atoms with Gasteiger partial charge in [0.05, 0.1) is 0 Å². The molecule has 0 aliphatic carbocycles. The molecule has 0 unspecified atom stereocenters. The molecule has 0 spiro atoms. The van der Waals surface area contributed by atoms with E-state index in [1.165, 1.54) is 0 Å². The SMILES string of the molecule is Cc1nnc(C(F)(F)C(F)(F)C(F)(F)C(F)(F)C(F)(F)C(F)(F)C(F)(F)C(F)(F)F)n1C. The maximum Gasteiger partial charge on any atom is 0.460 e. The van der Waals surface area contributed by atoms with Crippen molar-refractivity contribution in [1.29, 1.82) is 0 Å². The van der Waals surface area contributed by atoms with E-state index in [1.807, 2.05) is 0 Å². The lowest BCUT2D eigenvalue weighted by atomic mass is 9.89. The molecule has 1 aromatic heterocycles. The van der Waals surface area contributed by atoms with Crippen LogP contribution >= 0.6 is 0 Å². The van der Waals surface area contributed by atoms with E-state index in [0.717, 1.165) is 0 Å². The fraction of sp³-hybridized carbons (Fsp3) is 0.833. The molecule has 0 saturated heterocycles. The van der Waals surface area contributed by atoms with Crippen molar-refractivity contribution in [3.05, 3.63) is 11.6 Å². The van der Waals surface area contributed by atoms with Crippen LogP contribution in [0.5, 0.6) is 0 Å². The third kappa shape index (κ3) is 3.18. The number of alkyl halides is 17. The van der Waals surface area contributed by atoms with Crippen LogP contribution in [0.4, 0.5) is 74.6 Å². The van der Waals surface area contributed by atoms with Gasteiger partial charge in [0.1, 0.15) is 5.82 Å². The van der Waals surface area contributed by atoms with Crippen LogP contribution in [-0.2, 0) is 13.0 Å². The summed E-state index contributed by atoms with van der Waals surface area (Å²) in [4.78, 5) is 0. The van der Waals surface area contributed by atoms with Crippen LogP contribution in [-0.4, -0.2) is 56.5 Å². The number of hydrogen-bond donors (Lipinski definition) is 0. The molecule has 1 heterocycles. The molecule has 3 nitrogen and oxygen atoms in total. The predicted octanol–water partition coefficient (Wildman–Crippen LogP) is 5.59. The Kier molecular flexibility index (Phi) is 6.10. The van der Waals surface area contributed by atoms with Crippen LogP contribution in [0.25, 0.3) is 0 Å². The summed E-state index contributed by atoms with van der Waals surface area (Å²) in [6, 6.07) is 0. The standard InChI is InChI=1S/C12H6F17N3/c1-3-30-31-4(32(3)2)5(13,14)6(15,16)7(17,18)8(19,20)9(21,22)10(23,24)11(25,26)12(27,28)29/h1-2H3. The molecule has 0 N–H and O–H groups in total. The summed E-state index contributed by atoms with van der Waals surface area (Å²) in [6.07, 6.45) is -7.78. The van der Waals surface area contributed by atoms with E-state index in [9.17, 15) is 74.6 Å². The van der Waals surface area contributed by atoms with Crippen molar-refractivity contribution >= 4 is 0 Å². The fourth-order valence-electron chi connectivity index (χ4n) is 1.98. The molecule has 0 amide bonds. The van der Waals surface area contributed by atoms with Crippen LogP contribution in [0.1, 0.15) is 11.6 Å². The Morgan fingerprint density at radius 3 is 1.09 bits per heavy atom. The van der Waals surface area contributed by atoms with Gasteiger partial charge in [-0.15, -0.1) is 10.2 Å². The summed E-state index contributed by atoms with van der Waals surface area (Å²) in [5.74, 6) is -60.2. The first-order chi connectivity index (χ1) is 13.7. The number of halogens is 17. The van der Waals surface area contributed by atoms with Gasteiger partial charge in [-0.1, -0.05) is 0 Å². The topological polar surface area (TPSA) is 30.7 Å². The lowest BCUT2D eigenvalue weighted by Gasteiger charge is -2.42. The lowest BCUT2D eigenvalue weighted by Crippen LogP contribution is -2.74. The van der Waals surface area contributed by atoms with Gasteiger partial charge in [-0.25, -0.2) is 0 Å². The molecule has 20 heteroatoms. The Bertz CT molecular complexity index is 849. The van der Waals surface area contributed by atoms with Gasteiger partial charge in [0.2, 0.25) is 5.82 Å². The highest BCUT2D eigenvalue weighted by Crippen LogP contribution is 2.64. The van der Waals surface area contributed by atoms with Crippen LogP contribution in [0.3, 0.4) is 0 Å². The van der Waals surface area contributed by atoms with E-state index in [2.05, 4.69) is 10.2 Å². The highest BCUT2D eigenvalue weighted by atomic mass is 19.4. The zero-order valence-corrected chi connectivity index (χ0v) is 14.8. The van der Waals surface area contributed by atoms with Crippen molar-refractivity contribution < 1.29 is 74.6 Å². The van der Waals surface area contributed by atoms with E-state index < -0.39 is 59.3 Å². The van der Waals surface area contributed by atoms with Gasteiger partial charge >= 0.3 is 47.6 Å². The summed E-state index contributed by atoms with van der Waals surface area (Å²) in [7, 11) is 0.359. The molecule has 0 atom stereocenters. The second-order valence-electron chi connectivity index (χ2n) is 6.15. The fourth-order valence-corrected chi connectivity index (χ4v) is 1.98. The minimum atomic E-state index is -8.65. The van der Waals surface area contributed by atoms with Crippen LogP contribution in [0.15, 0.2) is 0 Å². The monoisotopic (exact) mass is 515 g/mol. The predicted molar refractivity (Wildman–Crippen MR) is 65.4 cm³/mol. The number of nitrogens with zero attached hydrogens (tertiary/aromatic N) is 3. The Labute approximate surface area is 164 Å². The van der Waals surface area contributed by atoms with Gasteiger partial charge in [0.25, 0.3) is 0 Å². The Balaban J connectivity index is 3.74. The van der Waals surface area contributed by atoms with Crippen molar-refractivity contribution in [3.63, 3.8) is 0 Å². The summed E-state index contributed by atoms with van der Waals surface area (Å²) >= 11 is 0. The number of aryl methyl sites for hydroxylation is 1. The number of rotatable bonds is 7. The van der Waals surface area contributed by atoms with Gasteiger partial charge in [-0.05, 0) is 6.92 Å². The minimum Gasteiger partial charge on any atom is -0.313 e. The maximum atomic E-state index is 13.9. The van der Waals surface area contributed by atoms with E-state index in [4.69, 9.17) is 0 Å². The van der Waals surface area contributed by atoms with Gasteiger partial charge in [-0.3, -0.25) is 0 Å². The summed E-state index contributed by atoms with van der Waals surface area (Å²) in [5.41, 5.74) is 0. The second kappa shape index (κ2) is 6.97. The largest absolute Gasteiger partial charge is 0.460 e. The van der Waals surface area contributed by atoms with E-state index in [1.54, 1.807) is 0 Å². The molecular weight excluding hydrogens is 509 g/mol. The first kappa shape index (κ1) is 28.0. The molecule has 32 heavy (non-hydrogen) atoms. The maximum absolute atomic E-state index is 13.9. The van der Waals surface area contributed by atoms with Crippen LogP contribution < -0.4 is 0 Å². The zero-order chi connectivity index (χ0) is 26.1. The van der Waals surface area contributed by atoms with Crippen molar-refractivity contribution in [2.75, 3.05) is 0 Å². The highest BCUT2D eigenvalue weighted by molar-refractivity contribution is 5.18. The first-order valence-electron chi connectivity index (χ1n) is 7.25. The molecule has 0 saturated carbocycles. The smallest absolute Gasteiger partial charge is 0.313 e. The first-order valence-corrected chi connectivity index (χ1v) is 7.25. The van der Waals surface area contributed by atoms with Gasteiger partial charge in [-0.2, -0.15) is 74.6 Å². The molecule has 0 bridgehead atoms. The zero-order valence-electron chi connectivity index (χ0n) is 14.8. The van der Waals surface area contributed by atoms with Crippen molar-refractivity contribution in [2.24, 2.45) is 7.05 Å². The molecule has 0 radical (unpaired) electrons. The number of hydrogen-bond acceptors (Lipinski definition) is 2. The third-order valence-electron chi connectivity index (χ3n) is 4.10. The van der Waals surface area contributed by atoms with Crippen molar-refractivity contribution in [2.45, 2.75) is 54.6 Å². The van der Waals surface area contributed by atoms with E-state index in [-0.39, 0.29) is 4.57 Å². The van der Waals surface area contributed by atoms with Crippen LogP contribution in [0.2, 0.25) is 0 Å². The van der Waals surface area contributed by atoms with Gasteiger partial charge in [0, 0.05) is 7.05 Å². The highest BCUT2D eigenvalue weighted by Gasteiger charge is 2.95. The molecule has 0 aromatic carbocycles. The van der Waals surface area contributed by atoms with Crippen LogP contribution in [0, 0.1) is 6.92 Å². The summed E-state index contributed by atoms with van der Waals surface area (Å²) in [5, 5.41) is 4.89. The summed E-state index contributed by atoms with van der Waals surface area (Å²) < 4.78 is 223. The van der Waals surface area contributed by atoms with Gasteiger partial charge < -0.3 is 4.57 Å². The lowest BCUT2D eigenvalue weighted by molar-refractivity contribution is -0.463. The summed E-state index contributed by atoms with van der Waals surface area (Å²) in [6.45, 7) is 0.714. The second-order valence-corrected chi connectivity index (χ2v) is 6.15. The Morgan fingerprint density at radius 1 is 0.500 bits per heavy atom. The number of aromatic nitrogens is 3. The molecular formula is C12H6F17N3. The van der Waals surface area contributed by atoms with Gasteiger partial charge in [0.15, 0.2) is 0 Å². The molecule has 0 fully saturated rings. The van der Waals surface area contributed by atoms with Crippen molar-refractivity contribution in [3.8, 4) is 0 Å². The molecule has 0 aliphatic rings. The molecule has 1 aromatic rings. The van der Waals surface area contributed by atoms with E-state index >= 15 is 0 Å². The van der Waals surface area contributed by atoms with Crippen molar-refractivity contribution in [1.82, 2.24) is 14.8 Å². The molecule has 1 rings (SSSR count). The normalized spacial score (nSPS) is 16.0. The average Bonchev–Trinajstić information content (AvgIpc) is 2.92. The minimum absolute atomic E-state index is 0.243. The Morgan fingerprint density at radius 2 is 0.812 bits per heavy atom. The quantitative estimate of drug-likeness (QED) is 0.444. The third-order valence-corrected chi connectivity index (χ3v) is 4.10. The van der Waals surface area contributed by atoms with E-state index in [0.29, 0.717) is 14.0 Å². The Hall–Kier alpha value is -2.05. The molecule has 188 valence electrons. The average molecular weight is 515 g/mol. The molecule has 0 aliphatic heterocycles.